The number of imide groups is 1. The number of hydrogen-bond acceptors (Lipinski definition) is 14. The van der Waals surface area contributed by atoms with E-state index in [0.717, 1.165) is 18.8 Å². The molecule has 0 spiro atoms. The molecule has 1 saturated heterocycles. The molecule has 1 aliphatic heterocycles. The number of carbonyl (C=O) groups excluding carboxylic acids is 8. The van der Waals surface area contributed by atoms with Gasteiger partial charge < -0.3 is 56.1 Å². The maximum Gasteiger partial charge on any atom is 0.407 e. The number of nitrogens with two attached hydrogens (primary N) is 1. The normalized spacial score (nSPS) is 16.0. The summed E-state index contributed by atoms with van der Waals surface area (Å²) in [4.78, 5) is 96.5. The zero-order valence-corrected chi connectivity index (χ0v) is 45.9. The van der Waals surface area contributed by atoms with Crippen molar-refractivity contribution < 1.29 is 62.1 Å². The minimum absolute atomic E-state index is 0.0221. The summed E-state index contributed by atoms with van der Waals surface area (Å²) >= 11 is 0. The number of nitrogens with zero attached hydrogens (tertiary/aromatic N) is 1. The summed E-state index contributed by atoms with van der Waals surface area (Å²) in [5.41, 5.74) is 4.50. The van der Waals surface area contributed by atoms with Gasteiger partial charge in [0.2, 0.25) is 17.7 Å². The van der Waals surface area contributed by atoms with Crippen molar-refractivity contribution >= 4 is 47.7 Å². The highest BCUT2D eigenvalue weighted by Gasteiger charge is 2.32. The van der Waals surface area contributed by atoms with E-state index in [1.165, 1.54) is 13.5 Å². The lowest BCUT2D eigenvalue weighted by Crippen LogP contribution is -2.32. The van der Waals surface area contributed by atoms with Crippen LogP contribution >= 0.6 is 0 Å². The van der Waals surface area contributed by atoms with E-state index in [-0.39, 0.29) is 68.1 Å². The van der Waals surface area contributed by atoms with Crippen molar-refractivity contribution in [2.75, 3.05) is 79.9 Å². The number of hydrogen-bond donors (Lipinski definition) is 6. The Kier molecular flexibility index (Phi) is 52.1. The summed E-state index contributed by atoms with van der Waals surface area (Å²) < 4.78 is 21.2. The highest BCUT2D eigenvalue weighted by molar-refractivity contribution is 6.01. The van der Waals surface area contributed by atoms with Gasteiger partial charge in [0.25, 0.3) is 11.8 Å². The van der Waals surface area contributed by atoms with Crippen molar-refractivity contribution in [3.05, 3.63) is 72.9 Å². The van der Waals surface area contributed by atoms with Crippen LogP contribution in [0.2, 0.25) is 0 Å². The van der Waals surface area contributed by atoms with Crippen molar-refractivity contribution in [3.8, 4) is 12.8 Å². The fraction of sp³-hybridized carbons (Fsp3) is 0.600. The smallest absolute Gasteiger partial charge is 0.407 e. The van der Waals surface area contributed by atoms with Gasteiger partial charge in [-0.3, -0.25) is 24.0 Å². The van der Waals surface area contributed by atoms with Crippen LogP contribution in [0.1, 0.15) is 118 Å². The number of terminal acetylenes is 1. The van der Waals surface area contributed by atoms with E-state index >= 15 is 0 Å². The van der Waals surface area contributed by atoms with E-state index in [1.807, 2.05) is 70.2 Å². The highest BCUT2D eigenvalue weighted by Crippen LogP contribution is 2.14. The monoisotopic (exact) mass is 1060 g/mol. The minimum atomic E-state index is -0.808. The van der Waals surface area contributed by atoms with Gasteiger partial charge in [-0.25, -0.2) is 14.4 Å². The summed E-state index contributed by atoms with van der Waals surface area (Å²) in [6.07, 6.45) is 37.5. The third-order valence-corrected chi connectivity index (χ3v) is 9.85. The van der Waals surface area contributed by atoms with Crippen LogP contribution in [0, 0.1) is 30.6 Å². The number of hydroxylamine groups is 2. The average Bonchev–Trinajstić information content (AvgIpc) is 3.77. The van der Waals surface area contributed by atoms with Crippen LogP contribution in [0.3, 0.4) is 0 Å². The second-order valence-electron chi connectivity index (χ2n) is 15.8. The number of carbonyl (C=O) groups is 8. The summed E-state index contributed by atoms with van der Waals surface area (Å²) in [5.74, 6) is -1.29. The van der Waals surface area contributed by atoms with Crippen molar-refractivity contribution in [1.82, 2.24) is 31.6 Å². The van der Waals surface area contributed by atoms with Crippen molar-refractivity contribution in [1.29, 1.82) is 0 Å². The molecule has 4 rings (SSSR count). The molecule has 0 saturated carbocycles. The summed E-state index contributed by atoms with van der Waals surface area (Å²) in [7, 11) is 3.04. The van der Waals surface area contributed by atoms with Crippen LogP contribution < -0.4 is 32.3 Å². The molecule has 3 atom stereocenters. The van der Waals surface area contributed by atoms with Crippen LogP contribution in [-0.2, 0) is 52.6 Å². The number of nitrogens with one attached hydrogen (secondary N) is 5. The van der Waals surface area contributed by atoms with Gasteiger partial charge in [0, 0.05) is 104 Å². The Balaban J connectivity index is -0.00000110. The third-order valence-electron chi connectivity index (χ3n) is 9.85. The van der Waals surface area contributed by atoms with E-state index in [9.17, 15) is 38.4 Å². The first-order valence-electron chi connectivity index (χ1n) is 26.1. The molecule has 424 valence electrons. The van der Waals surface area contributed by atoms with Crippen LogP contribution in [0.15, 0.2) is 72.9 Å². The maximum absolute atomic E-state index is 11.7. The standard InChI is InChI=1S/C22H31N3O8.C19H31N3O5.C7H10.2C2H6.C2H2.CH5N/c26-18(8-11-21(29)33-25-19(27)9-10-20(25)28)23-12-4-14-31-15-5-13-24-22(30)32-16-17-6-2-1-3-7-17;1-20-17(23)9-10-18(24)21-11-5-13-26-14-6-12-22-19(25)27-15-16-7-3-2-4-8-16;1-7-5-3-2-4-6-7;4*1-2/h1-3,6,17H,4-5,7-16H2,(H,23,26)(H,24,30);2-4,7,16H,5-6,8-15H2,1H3,(H,20,23)(H,21,24)(H,22,25);2-5,7H,6H2,1H3;2*1-2H3;1-2H;2H2,1H3. The SMILES string of the molecule is C#C.CC.CC.CC1C=CC=CC1.CN.CNC(=O)CCC(=O)NCCCOCCCNC(=O)OCC1C=CC=CC1.O=C(CCC(=O)ON1C(=O)CCC1=O)NCCCOCCCNC(=O)OCC1C=CC=CC1. The maximum atomic E-state index is 11.7. The summed E-state index contributed by atoms with van der Waals surface area (Å²) in [6.45, 7) is 14.8. The largest absolute Gasteiger partial charge is 0.449 e. The molecule has 0 radical (unpaired) electrons. The Labute approximate surface area is 447 Å². The van der Waals surface area contributed by atoms with Gasteiger partial charge in [-0.15, -0.1) is 17.9 Å². The van der Waals surface area contributed by atoms with Crippen LogP contribution in [0.4, 0.5) is 9.59 Å². The molecular weight excluding hydrogens is 967 g/mol. The Morgan fingerprint density at radius 2 is 0.933 bits per heavy atom. The van der Waals surface area contributed by atoms with Crippen LogP contribution in [-0.4, -0.2) is 133 Å². The fourth-order valence-corrected chi connectivity index (χ4v) is 5.97. The van der Waals surface area contributed by atoms with Gasteiger partial charge in [0.1, 0.15) is 0 Å². The van der Waals surface area contributed by atoms with Gasteiger partial charge in [-0.2, -0.15) is 0 Å². The Morgan fingerprint density at radius 1 is 0.560 bits per heavy atom. The molecule has 1 fully saturated rings. The quantitative estimate of drug-likeness (QED) is 0.0294. The van der Waals surface area contributed by atoms with E-state index in [4.69, 9.17) is 18.9 Å². The second kappa shape index (κ2) is 53.7. The Morgan fingerprint density at radius 3 is 1.28 bits per heavy atom. The summed E-state index contributed by atoms with van der Waals surface area (Å²) in [5, 5.41) is 13.7. The van der Waals surface area contributed by atoms with Crippen molar-refractivity contribution in [2.24, 2.45) is 23.5 Å². The molecule has 7 N–H and O–H groups in total. The lowest BCUT2D eigenvalue weighted by molar-refractivity contribution is -0.197. The van der Waals surface area contributed by atoms with Gasteiger partial charge >= 0.3 is 18.2 Å². The molecule has 4 aliphatic rings. The zero-order valence-electron chi connectivity index (χ0n) is 45.9. The topological polar surface area (TPSA) is 272 Å². The third kappa shape index (κ3) is 44.6. The van der Waals surface area contributed by atoms with E-state index in [0.29, 0.717) is 96.6 Å². The first-order chi connectivity index (χ1) is 36.5. The van der Waals surface area contributed by atoms with Gasteiger partial charge in [-0.1, -0.05) is 108 Å². The molecular formula is C55H91N7O13. The lowest BCUT2D eigenvalue weighted by atomic mass is 10.0. The van der Waals surface area contributed by atoms with Crippen molar-refractivity contribution in [2.45, 2.75) is 118 Å². The second-order valence-corrected chi connectivity index (χ2v) is 15.8. The number of alkyl carbamates (subject to hydrolysis) is 2. The molecule has 20 heteroatoms. The molecule has 0 bridgehead atoms. The van der Waals surface area contributed by atoms with E-state index in [2.05, 4.69) is 87.3 Å². The molecule has 75 heavy (non-hydrogen) atoms. The number of allylic oxidation sites excluding steroid dienone is 10. The van der Waals surface area contributed by atoms with E-state index in [1.54, 1.807) is 7.05 Å². The van der Waals surface area contributed by atoms with E-state index < -0.39 is 30.0 Å². The van der Waals surface area contributed by atoms with Gasteiger partial charge in [0.15, 0.2) is 0 Å². The number of rotatable bonds is 27. The first-order valence-corrected chi connectivity index (χ1v) is 26.1. The highest BCUT2D eigenvalue weighted by atomic mass is 16.7. The average molecular weight is 1060 g/mol. The molecule has 3 aliphatic carbocycles. The van der Waals surface area contributed by atoms with Crippen molar-refractivity contribution in [3.63, 3.8) is 0 Å². The van der Waals surface area contributed by atoms with Gasteiger partial charge in [-0.05, 0) is 57.9 Å². The molecule has 0 aromatic carbocycles. The first kappa shape index (κ1) is 72.7. The van der Waals surface area contributed by atoms with Crippen LogP contribution in [0.25, 0.3) is 0 Å². The summed E-state index contributed by atoms with van der Waals surface area (Å²) in [6, 6.07) is 0. The molecule has 3 unspecified atom stereocenters. The fourth-order valence-electron chi connectivity index (χ4n) is 5.97. The molecule has 20 nitrogen and oxygen atoms in total. The predicted octanol–water partition coefficient (Wildman–Crippen LogP) is 6.44. The Bertz CT molecular complexity index is 1760. The van der Waals surface area contributed by atoms with Crippen LogP contribution in [0.5, 0.6) is 0 Å². The predicted molar refractivity (Wildman–Crippen MR) is 292 cm³/mol. The van der Waals surface area contributed by atoms with Gasteiger partial charge in [0.05, 0.1) is 19.6 Å². The number of amides is 7. The zero-order chi connectivity index (χ0) is 56.7. The molecule has 0 aromatic rings. The molecule has 0 aromatic heterocycles. The molecule has 7 amide bonds. The Hall–Kier alpha value is -6.56. The minimum Gasteiger partial charge on any atom is -0.449 e. The molecule has 1 heterocycles. The lowest BCUT2D eigenvalue weighted by Gasteiger charge is -2.13. The number of ether oxygens (including phenoxy) is 4.